The highest BCUT2D eigenvalue weighted by atomic mass is 16.5. The topological polar surface area (TPSA) is 99.0 Å². The summed E-state index contributed by atoms with van der Waals surface area (Å²) in [5.41, 5.74) is 1.05. The van der Waals surface area contributed by atoms with Crippen LogP contribution in [-0.4, -0.2) is 44.7 Å². The Morgan fingerprint density at radius 1 is 1.24 bits per heavy atom. The zero-order valence-electron chi connectivity index (χ0n) is 14.9. The van der Waals surface area contributed by atoms with Crippen LogP contribution in [0.5, 0.6) is 0 Å². The molecule has 0 bridgehead atoms. The molecule has 0 spiro atoms. The molecular weight excluding hydrogens is 322 g/mol. The van der Waals surface area contributed by atoms with Crippen LogP contribution in [0.3, 0.4) is 0 Å². The molecular formula is C17H23N5O3. The minimum Gasteiger partial charge on any atom is -0.459 e. The van der Waals surface area contributed by atoms with Gasteiger partial charge in [0.1, 0.15) is 6.54 Å². The number of nitrogens with zero attached hydrogens (tertiary/aromatic N) is 4. The van der Waals surface area contributed by atoms with E-state index in [9.17, 15) is 9.59 Å². The fourth-order valence-corrected chi connectivity index (χ4v) is 2.00. The Hall–Kier alpha value is -2.77. The van der Waals surface area contributed by atoms with Crippen molar-refractivity contribution >= 4 is 11.9 Å². The Bertz CT molecular complexity index is 739. The highest BCUT2D eigenvalue weighted by molar-refractivity contribution is 5.90. The minimum atomic E-state index is -0.405. The van der Waals surface area contributed by atoms with Crippen molar-refractivity contribution in [2.24, 2.45) is 5.92 Å². The number of tetrazole rings is 1. The van der Waals surface area contributed by atoms with Gasteiger partial charge in [0, 0.05) is 12.1 Å². The number of rotatable bonds is 7. The van der Waals surface area contributed by atoms with Gasteiger partial charge < -0.3 is 10.1 Å². The Morgan fingerprint density at radius 3 is 2.68 bits per heavy atom. The van der Waals surface area contributed by atoms with Crippen molar-refractivity contribution in [2.45, 2.75) is 40.3 Å². The largest absolute Gasteiger partial charge is 0.459 e. The summed E-state index contributed by atoms with van der Waals surface area (Å²) in [6.07, 6.45) is -0.195. The predicted molar refractivity (Wildman–Crippen MR) is 91.7 cm³/mol. The van der Waals surface area contributed by atoms with E-state index in [0.717, 1.165) is 0 Å². The van der Waals surface area contributed by atoms with E-state index in [4.69, 9.17) is 4.74 Å². The molecule has 1 heterocycles. The summed E-state index contributed by atoms with van der Waals surface area (Å²) >= 11 is 0. The first-order valence-corrected chi connectivity index (χ1v) is 8.21. The SMILES string of the molecule is CC(C)CNC(=O)Cn1nnc(-c2cccc(C(=O)OC(C)C)c2)n1. The lowest BCUT2D eigenvalue weighted by Crippen LogP contribution is -2.31. The van der Waals surface area contributed by atoms with Crippen LogP contribution in [0.25, 0.3) is 11.4 Å². The van der Waals surface area contributed by atoms with Crippen LogP contribution in [0.2, 0.25) is 0 Å². The molecule has 0 aliphatic carbocycles. The third-order valence-electron chi connectivity index (χ3n) is 3.14. The van der Waals surface area contributed by atoms with Gasteiger partial charge in [-0.05, 0) is 37.1 Å². The second-order valence-corrected chi connectivity index (χ2v) is 6.38. The number of amides is 1. The standard InChI is InChI=1S/C17H23N5O3/c1-11(2)9-18-15(23)10-22-20-16(19-21-22)13-6-5-7-14(8-13)17(24)25-12(3)4/h5-8,11-12H,9-10H2,1-4H3,(H,18,23). The maximum absolute atomic E-state index is 12.0. The van der Waals surface area contributed by atoms with E-state index in [1.165, 1.54) is 4.80 Å². The Labute approximate surface area is 146 Å². The van der Waals surface area contributed by atoms with Gasteiger partial charge in [0.2, 0.25) is 11.7 Å². The van der Waals surface area contributed by atoms with E-state index >= 15 is 0 Å². The van der Waals surface area contributed by atoms with Gasteiger partial charge >= 0.3 is 5.97 Å². The molecule has 0 aliphatic rings. The van der Waals surface area contributed by atoms with Crippen LogP contribution in [0.1, 0.15) is 38.1 Å². The molecule has 1 amide bonds. The van der Waals surface area contributed by atoms with Crippen molar-refractivity contribution in [3.63, 3.8) is 0 Å². The Kier molecular flexibility index (Phi) is 6.21. The number of nitrogens with one attached hydrogen (secondary N) is 1. The lowest BCUT2D eigenvalue weighted by molar-refractivity contribution is -0.122. The van der Waals surface area contributed by atoms with Crippen LogP contribution < -0.4 is 5.32 Å². The average molecular weight is 345 g/mol. The van der Waals surface area contributed by atoms with Crippen LogP contribution in [-0.2, 0) is 16.1 Å². The maximum Gasteiger partial charge on any atom is 0.338 e. The van der Waals surface area contributed by atoms with Crippen LogP contribution in [0.4, 0.5) is 0 Å². The average Bonchev–Trinajstić information content (AvgIpc) is 3.01. The molecule has 0 saturated heterocycles. The molecule has 2 rings (SSSR count). The first kappa shape index (κ1) is 18.6. The molecule has 1 aromatic heterocycles. The summed E-state index contributed by atoms with van der Waals surface area (Å²) in [6.45, 7) is 8.21. The molecule has 0 saturated carbocycles. The minimum absolute atomic E-state index is 0.00516. The fourth-order valence-electron chi connectivity index (χ4n) is 2.00. The van der Waals surface area contributed by atoms with E-state index in [1.54, 1.807) is 38.1 Å². The van der Waals surface area contributed by atoms with Crippen LogP contribution in [0.15, 0.2) is 24.3 Å². The van der Waals surface area contributed by atoms with Crippen LogP contribution >= 0.6 is 0 Å². The van der Waals surface area contributed by atoms with Crippen molar-refractivity contribution in [3.05, 3.63) is 29.8 Å². The second kappa shape index (κ2) is 8.36. The molecule has 8 heteroatoms. The van der Waals surface area contributed by atoms with Gasteiger partial charge in [-0.25, -0.2) is 4.79 Å². The lowest BCUT2D eigenvalue weighted by atomic mass is 10.1. The number of esters is 1. The molecule has 0 fully saturated rings. The molecule has 0 atom stereocenters. The van der Waals surface area contributed by atoms with Crippen molar-refractivity contribution < 1.29 is 14.3 Å². The highest BCUT2D eigenvalue weighted by Crippen LogP contribution is 2.16. The van der Waals surface area contributed by atoms with Gasteiger partial charge in [0.05, 0.1) is 11.7 Å². The Balaban J connectivity index is 2.06. The van der Waals surface area contributed by atoms with Crippen molar-refractivity contribution in [1.82, 2.24) is 25.5 Å². The van der Waals surface area contributed by atoms with Gasteiger partial charge in [-0.2, -0.15) is 4.80 Å². The number of aromatic nitrogens is 4. The second-order valence-electron chi connectivity index (χ2n) is 6.38. The van der Waals surface area contributed by atoms with E-state index < -0.39 is 5.97 Å². The number of carbonyl (C=O) groups is 2. The summed E-state index contributed by atoms with van der Waals surface area (Å²) in [5.74, 6) is 0.136. The van der Waals surface area contributed by atoms with E-state index in [2.05, 4.69) is 20.7 Å². The van der Waals surface area contributed by atoms with Crippen molar-refractivity contribution in [2.75, 3.05) is 6.54 Å². The number of carbonyl (C=O) groups excluding carboxylic acids is 2. The lowest BCUT2D eigenvalue weighted by Gasteiger charge is -2.08. The third kappa shape index (κ3) is 5.66. The summed E-state index contributed by atoms with van der Waals surface area (Å²) in [7, 11) is 0. The summed E-state index contributed by atoms with van der Waals surface area (Å²) in [6, 6.07) is 6.80. The molecule has 1 N–H and O–H groups in total. The number of benzene rings is 1. The molecule has 25 heavy (non-hydrogen) atoms. The van der Waals surface area contributed by atoms with Gasteiger partial charge in [-0.15, -0.1) is 10.2 Å². The quantitative estimate of drug-likeness (QED) is 0.767. The molecule has 0 unspecified atom stereocenters. The zero-order valence-corrected chi connectivity index (χ0v) is 14.9. The zero-order chi connectivity index (χ0) is 18.4. The molecule has 0 aliphatic heterocycles. The van der Waals surface area contributed by atoms with Gasteiger partial charge in [0.15, 0.2) is 0 Å². The van der Waals surface area contributed by atoms with Crippen molar-refractivity contribution in [1.29, 1.82) is 0 Å². The maximum atomic E-state index is 12.0. The molecule has 8 nitrogen and oxygen atoms in total. The predicted octanol–water partition coefficient (Wildman–Crippen LogP) is 1.68. The Morgan fingerprint density at radius 2 is 2.00 bits per heavy atom. The molecule has 134 valence electrons. The van der Waals surface area contributed by atoms with Gasteiger partial charge in [-0.3, -0.25) is 4.79 Å². The van der Waals surface area contributed by atoms with Gasteiger partial charge in [-0.1, -0.05) is 26.0 Å². The number of hydrogen-bond donors (Lipinski definition) is 1. The van der Waals surface area contributed by atoms with Crippen LogP contribution in [0, 0.1) is 5.92 Å². The molecule has 1 aromatic carbocycles. The molecule has 2 aromatic rings. The van der Waals surface area contributed by atoms with E-state index in [1.807, 2.05) is 13.8 Å². The summed E-state index contributed by atoms with van der Waals surface area (Å²) in [4.78, 5) is 25.0. The first-order chi connectivity index (χ1) is 11.8. The summed E-state index contributed by atoms with van der Waals surface area (Å²) in [5, 5.41) is 14.8. The molecule has 0 radical (unpaired) electrons. The summed E-state index contributed by atoms with van der Waals surface area (Å²) < 4.78 is 5.18. The number of ether oxygens (including phenoxy) is 1. The van der Waals surface area contributed by atoms with Gasteiger partial charge in [0.25, 0.3) is 0 Å². The smallest absolute Gasteiger partial charge is 0.338 e. The van der Waals surface area contributed by atoms with Crippen molar-refractivity contribution in [3.8, 4) is 11.4 Å². The van der Waals surface area contributed by atoms with E-state index in [0.29, 0.717) is 29.4 Å². The first-order valence-electron chi connectivity index (χ1n) is 8.21. The monoisotopic (exact) mass is 345 g/mol. The number of hydrogen-bond acceptors (Lipinski definition) is 6. The normalized spacial score (nSPS) is 11.0. The fraction of sp³-hybridized carbons (Fsp3) is 0.471. The highest BCUT2D eigenvalue weighted by Gasteiger charge is 2.13. The van der Waals surface area contributed by atoms with E-state index in [-0.39, 0.29) is 18.6 Å². The third-order valence-corrected chi connectivity index (χ3v) is 3.14.